The molecule has 1 aliphatic heterocycles. The van der Waals surface area contributed by atoms with E-state index in [0.29, 0.717) is 12.8 Å². The van der Waals surface area contributed by atoms with Crippen LogP contribution >= 0.6 is 0 Å². The topological polar surface area (TPSA) is 92.6 Å². The van der Waals surface area contributed by atoms with Gasteiger partial charge in [0.15, 0.2) is 0 Å². The van der Waals surface area contributed by atoms with Gasteiger partial charge in [-0.2, -0.15) is 0 Å². The van der Waals surface area contributed by atoms with E-state index >= 15 is 0 Å². The van der Waals surface area contributed by atoms with Crippen molar-refractivity contribution in [1.82, 2.24) is 10.2 Å². The first-order valence-corrected chi connectivity index (χ1v) is 6.71. The summed E-state index contributed by atoms with van der Waals surface area (Å²) in [6.45, 7) is 1.88. The summed E-state index contributed by atoms with van der Waals surface area (Å²) in [7, 11) is 1.48. The van der Waals surface area contributed by atoms with Crippen LogP contribution in [0.5, 0.6) is 0 Å². The fourth-order valence-corrected chi connectivity index (χ4v) is 2.35. The van der Waals surface area contributed by atoms with Crippen molar-refractivity contribution < 1.29 is 14.5 Å². The van der Waals surface area contributed by atoms with E-state index in [1.807, 2.05) is 6.92 Å². The van der Waals surface area contributed by atoms with Crippen LogP contribution in [-0.4, -0.2) is 34.7 Å². The minimum atomic E-state index is -0.451. The molecule has 0 spiro atoms. The van der Waals surface area contributed by atoms with Gasteiger partial charge in [0.25, 0.3) is 5.69 Å². The Bertz CT molecular complexity index is 570. The lowest BCUT2D eigenvalue weighted by atomic mass is 10.0. The van der Waals surface area contributed by atoms with E-state index in [1.165, 1.54) is 19.2 Å². The largest absolute Gasteiger partial charge is 0.299 e. The van der Waals surface area contributed by atoms with Crippen LogP contribution in [0.1, 0.15) is 31.4 Å². The summed E-state index contributed by atoms with van der Waals surface area (Å²) < 4.78 is 0. The summed E-state index contributed by atoms with van der Waals surface area (Å²) in [5.74, 6) is -0.402. The van der Waals surface area contributed by atoms with E-state index in [0.717, 1.165) is 10.5 Å². The molecule has 2 unspecified atom stereocenters. The molecule has 0 bridgehead atoms. The summed E-state index contributed by atoms with van der Waals surface area (Å²) in [5, 5.41) is 13.8. The molecule has 1 saturated heterocycles. The number of benzene rings is 1. The van der Waals surface area contributed by atoms with Gasteiger partial charge < -0.3 is 0 Å². The van der Waals surface area contributed by atoms with E-state index in [2.05, 4.69) is 5.32 Å². The fourth-order valence-electron chi connectivity index (χ4n) is 2.35. The van der Waals surface area contributed by atoms with Crippen molar-refractivity contribution >= 4 is 17.5 Å². The lowest BCUT2D eigenvalue weighted by Gasteiger charge is -2.30. The number of nitro benzene ring substituents is 1. The van der Waals surface area contributed by atoms with Gasteiger partial charge in [-0.15, -0.1) is 0 Å². The molecule has 7 nitrogen and oxygen atoms in total. The molecular weight excluding hydrogens is 274 g/mol. The summed E-state index contributed by atoms with van der Waals surface area (Å²) >= 11 is 0. The van der Waals surface area contributed by atoms with Gasteiger partial charge in [-0.25, -0.2) is 0 Å². The number of non-ortho nitro benzene ring substituents is 1. The standard InChI is InChI=1S/C14H17N3O4/c1-9(10-3-5-11(6-4-10)17(20)21)15-12-7-8-13(18)16(2)14(12)19/h3-6,9,12,15H,7-8H2,1-2H3. The number of carbonyl (C=O) groups is 2. The van der Waals surface area contributed by atoms with E-state index in [9.17, 15) is 19.7 Å². The number of likely N-dealkylation sites (tertiary alicyclic amines) is 1. The third-order valence-corrected chi connectivity index (χ3v) is 3.70. The zero-order valence-corrected chi connectivity index (χ0v) is 11.9. The molecule has 112 valence electrons. The molecule has 21 heavy (non-hydrogen) atoms. The number of piperidine rings is 1. The molecule has 0 radical (unpaired) electrons. The zero-order chi connectivity index (χ0) is 15.6. The maximum atomic E-state index is 12.0. The minimum absolute atomic E-state index is 0.0324. The smallest absolute Gasteiger partial charge is 0.269 e. The number of amides is 2. The average molecular weight is 291 g/mol. The Kier molecular flexibility index (Phi) is 4.32. The number of rotatable bonds is 4. The third-order valence-electron chi connectivity index (χ3n) is 3.70. The van der Waals surface area contributed by atoms with Gasteiger partial charge >= 0.3 is 0 Å². The second-order valence-corrected chi connectivity index (χ2v) is 5.12. The molecule has 2 amide bonds. The van der Waals surface area contributed by atoms with Crippen molar-refractivity contribution in [3.05, 3.63) is 39.9 Å². The number of nitrogens with one attached hydrogen (secondary N) is 1. The van der Waals surface area contributed by atoms with E-state index in [-0.39, 0.29) is 23.5 Å². The summed E-state index contributed by atoms with van der Waals surface area (Å²) in [5.41, 5.74) is 0.887. The molecule has 2 rings (SSSR count). The number of likely N-dealkylation sites (N-methyl/N-ethyl adjacent to an activating group) is 1. The van der Waals surface area contributed by atoms with Crippen LogP contribution in [0.15, 0.2) is 24.3 Å². The van der Waals surface area contributed by atoms with Crippen LogP contribution in [0.2, 0.25) is 0 Å². The summed E-state index contributed by atoms with van der Waals surface area (Å²) in [6.07, 6.45) is 0.812. The van der Waals surface area contributed by atoms with Crippen LogP contribution in [-0.2, 0) is 9.59 Å². The van der Waals surface area contributed by atoms with Gasteiger partial charge in [0.2, 0.25) is 11.8 Å². The molecule has 1 aliphatic rings. The number of hydrogen-bond acceptors (Lipinski definition) is 5. The molecule has 0 saturated carbocycles. The minimum Gasteiger partial charge on any atom is -0.299 e. The maximum Gasteiger partial charge on any atom is 0.269 e. The Morgan fingerprint density at radius 2 is 1.95 bits per heavy atom. The van der Waals surface area contributed by atoms with Gasteiger partial charge in [0, 0.05) is 31.6 Å². The van der Waals surface area contributed by atoms with Crippen LogP contribution in [0.25, 0.3) is 0 Å². The molecule has 1 heterocycles. The van der Waals surface area contributed by atoms with Gasteiger partial charge in [0.1, 0.15) is 0 Å². The fraction of sp³-hybridized carbons (Fsp3) is 0.429. The average Bonchev–Trinajstić information content (AvgIpc) is 2.48. The van der Waals surface area contributed by atoms with Crippen molar-refractivity contribution in [3.8, 4) is 0 Å². The van der Waals surface area contributed by atoms with Gasteiger partial charge in [-0.1, -0.05) is 12.1 Å². The predicted octanol–water partition coefficient (Wildman–Crippen LogP) is 1.39. The number of hydrogen-bond donors (Lipinski definition) is 1. The zero-order valence-electron chi connectivity index (χ0n) is 11.9. The second-order valence-electron chi connectivity index (χ2n) is 5.12. The SMILES string of the molecule is CC(NC1CCC(=O)N(C)C1=O)c1ccc([N+](=O)[O-])cc1. The van der Waals surface area contributed by atoms with Crippen molar-refractivity contribution in [2.24, 2.45) is 0 Å². The number of nitrogens with zero attached hydrogens (tertiary/aromatic N) is 2. The maximum absolute atomic E-state index is 12.0. The molecule has 1 aromatic rings. The Labute approximate surface area is 122 Å². The molecule has 1 N–H and O–H groups in total. The van der Waals surface area contributed by atoms with Crippen LogP contribution in [0, 0.1) is 10.1 Å². The molecular formula is C14H17N3O4. The molecule has 0 aliphatic carbocycles. The highest BCUT2D eigenvalue weighted by molar-refractivity contribution is 6.00. The first-order valence-electron chi connectivity index (χ1n) is 6.71. The lowest BCUT2D eigenvalue weighted by Crippen LogP contribution is -2.51. The Morgan fingerprint density at radius 1 is 1.33 bits per heavy atom. The first kappa shape index (κ1) is 15.1. The highest BCUT2D eigenvalue weighted by Crippen LogP contribution is 2.20. The second kappa shape index (κ2) is 6.01. The highest BCUT2D eigenvalue weighted by atomic mass is 16.6. The summed E-state index contributed by atoms with van der Waals surface area (Å²) in [6, 6.07) is 5.66. The van der Waals surface area contributed by atoms with Crippen molar-refractivity contribution in [2.45, 2.75) is 31.8 Å². The highest BCUT2D eigenvalue weighted by Gasteiger charge is 2.32. The normalized spacial score (nSPS) is 20.5. The monoisotopic (exact) mass is 291 g/mol. The van der Waals surface area contributed by atoms with Crippen LogP contribution < -0.4 is 5.32 Å². The van der Waals surface area contributed by atoms with Gasteiger partial charge in [-0.05, 0) is 18.9 Å². The molecule has 2 atom stereocenters. The Balaban J connectivity index is 2.04. The Hall–Kier alpha value is -2.28. The van der Waals surface area contributed by atoms with Gasteiger partial charge in [0.05, 0.1) is 11.0 Å². The molecule has 7 heteroatoms. The lowest BCUT2D eigenvalue weighted by molar-refractivity contribution is -0.384. The third kappa shape index (κ3) is 3.25. The van der Waals surface area contributed by atoms with E-state index < -0.39 is 11.0 Å². The van der Waals surface area contributed by atoms with Crippen LogP contribution in [0.3, 0.4) is 0 Å². The summed E-state index contributed by atoms with van der Waals surface area (Å²) in [4.78, 5) is 34.7. The van der Waals surface area contributed by atoms with Crippen molar-refractivity contribution in [2.75, 3.05) is 7.05 Å². The molecule has 1 fully saturated rings. The predicted molar refractivity (Wildman–Crippen MR) is 75.4 cm³/mol. The number of imide groups is 1. The Morgan fingerprint density at radius 3 is 2.52 bits per heavy atom. The molecule has 1 aromatic carbocycles. The van der Waals surface area contributed by atoms with Crippen molar-refractivity contribution in [1.29, 1.82) is 0 Å². The van der Waals surface area contributed by atoms with Crippen LogP contribution in [0.4, 0.5) is 5.69 Å². The van der Waals surface area contributed by atoms with Gasteiger partial charge in [-0.3, -0.25) is 29.9 Å². The van der Waals surface area contributed by atoms with E-state index in [1.54, 1.807) is 12.1 Å². The number of nitro groups is 1. The first-order chi connectivity index (χ1) is 9.90. The number of carbonyl (C=O) groups excluding carboxylic acids is 2. The quantitative estimate of drug-likeness (QED) is 0.514. The van der Waals surface area contributed by atoms with E-state index in [4.69, 9.17) is 0 Å². The van der Waals surface area contributed by atoms with Crippen molar-refractivity contribution in [3.63, 3.8) is 0 Å². The molecule has 0 aromatic heterocycles.